The normalized spacial score (nSPS) is 14.6. The second-order valence-electron chi connectivity index (χ2n) is 5.38. The van der Waals surface area contributed by atoms with Crippen molar-refractivity contribution < 1.29 is 0 Å². The Labute approximate surface area is 126 Å². The summed E-state index contributed by atoms with van der Waals surface area (Å²) in [5.74, 6) is 0.949. The van der Waals surface area contributed by atoms with Crippen LogP contribution in [0.1, 0.15) is 31.0 Å². The SMILES string of the molecule is CCNCc1cnc(N2CCCCc3ccccc32)cn1. The Morgan fingerprint density at radius 1 is 1.14 bits per heavy atom. The maximum atomic E-state index is 4.62. The van der Waals surface area contributed by atoms with Crippen molar-refractivity contribution >= 4 is 11.5 Å². The molecule has 1 aromatic heterocycles. The van der Waals surface area contributed by atoms with Gasteiger partial charge in [-0.15, -0.1) is 0 Å². The first-order valence-corrected chi connectivity index (χ1v) is 7.75. The molecule has 0 amide bonds. The topological polar surface area (TPSA) is 41.1 Å². The molecular weight excluding hydrogens is 260 g/mol. The van der Waals surface area contributed by atoms with Crippen LogP contribution in [0.4, 0.5) is 11.5 Å². The zero-order valence-electron chi connectivity index (χ0n) is 12.5. The molecule has 2 heterocycles. The van der Waals surface area contributed by atoms with Gasteiger partial charge >= 0.3 is 0 Å². The molecule has 1 aliphatic heterocycles. The van der Waals surface area contributed by atoms with Crippen molar-refractivity contribution in [2.75, 3.05) is 18.0 Å². The van der Waals surface area contributed by atoms with E-state index in [1.165, 1.54) is 24.1 Å². The summed E-state index contributed by atoms with van der Waals surface area (Å²) < 4.78 is 0. The highest BCUT2D eigenvalue weighted by Gasteiger charge is 2.17. The summed E-state index contributed by atoms with van der Waals surface area (Å²) >= 11 is 0. The van der Waals surface area contributed by atoms with Crippen molar-refractivity contribution in [2.24, 2.45) is 0 Å². The largest absolute Gasteiger partial charge is 0.325 e. The number of nitrogens with zero attached hydrogens (tertiary/aromatic N) is 3. The number of benzene rings is 1. The van der Waals surface area contributed by atoms with Crippen molar-refractivity contribution in [2.45, 2.75) is 32.7 Å². The van der Waals surface area contributed by atoms with E-state index in [4.69, 9.17) is 0 Å². The van der Waals surface area contributed by atoms with Gasteiger partial charge < -0.3 is 10.2 Å². The smallest absolute Gasteiger partial charge is 0.151 e. The first-order valence-electron chi connectivity index (χ1n) is 7.75. The van der Waals surface area contributed by atoms with Crippen LogP contribution in [-0.2, 0) is 13.0 Å². The number of nitrogens with one attached hydrogen (secondary N) is 1. The number of hydrogen-bond donors (Lipinski definition) is 1. The van der Waals surface area contributed by atoms with E-state index in [1.807, 2.05) is 12.4 Å². The number of hydrogen-bond acceptors (Lipinski definition) is 4. The molecule has 4 heteroatoms. The number of anilines is 2. The number of fused-ring (bicyclic) bond motifs is 1. The van der Waals surface area contributed by atoms with Crippen LogP contribution in [-0.4, -0.2) is 23.1 Å². The lowest BCUT2D eigenvalue weighted by Gasteiger charge is -2.23. The standard InChI is InChI=1S/C17H22N4/c1-2-18-11-15-12-20-17(13-19-15)21-10-6-5-8-14-7-3-4-9-16(14)21/h3-4,7,9,12-13,18H,2,5-6,8,10-11H2,1H3. The van der Waals surface area contributed by atoms with Gasteiger partial charge in [-0.05, 0) is 37.4 Å². The average Bonchev–Trinajstić information content (AvgIpc) is 2.76. The third-order valence-electron chi connectivity index (χ3n) is 3.88. The van der Waals surface area contributed by atoms with Crippen molar-refractivity contribution in [1.29, 1.82) is 0 Å². The Balaban J connectivity index is 1.86. The third kappa shape index (κ3) is 3.22. The molecule has 0 radical (unpaired) electrons. The summed E-state index contributed by atoms with van der Waals surface area (Å²) in [5.41, 5.74) is 3.68. The van der Waals surface area contributed by atoms with Crippen LogP contribution in [0.25, 0.3) is 0 Å². The van der Waals surface area contributed by atoms with Gasteiger partial charge in [0.15, 0.2) is 5.82 Å². The molecule has 0 saturated heterocycles. The second kappa shape index (κ2) is 6.68. The van der Waals surface area contributed by atoms with Gasteiger partial charge in [0.2, 0.25) is 0 Å². The number of para-hydroxylation sites is 1. The summed E-state index contributed by atoms with van der Waals surface area (Å²) in [7, 11) is 0. The lowest BCUT2D eigenvalue weighted by atomic mass is 10.1. The van der Waals surface area contributed by atoms with E-state index in [2.05, 4.69) is 51.4 Å². The average molecular weight is 282 g/mol. The highest BCUT2D eigenvalue weighted by atomic mass is 15.2. The van der Waals surface area contributed by atoms with Gasteiger partial charge in [0, 0.05) is 18.8 Å². The lowest BCUT2D eigenvalue weighted by molar-refractivity contribution is 0.705. The molecule has 0 fully saturated rings. The van der Waals surface area contributed by atoms with E-state index in [0.29, 0.717) is 0 Å². The fourth-order valence-corrected chi connectivity index (χ4v) is 2.76. The highest BCUT2D eigenvalue weighted by molar-refractivity contribution is 5.63. The zero-order chi connectivity index (χ0) is 14.5. The van der Waals surface area contributed by atoms with Crippen LogP contribution in [0.5, 0.6) is 0 Å². The molecule has 0 atom stereocenters. The predicted octanol–water partition coefficient (Wildman–Crippen LogP) is 3.06. The van der Waals surface area contributed by atoms with E-state index in [-0.39, 0.29) is 0 Å². The van der Waals surface area contributed by atoms with Gasteiger partial charge in [-0.3, -0.25) is 4.98 Å². The minimum atomic E-state index is 0.778. The molecule has 110 valence electrons. The predicted molar refractivity (Wildman–Crippen MR) is 85.8 cm³/mol. The molecule has 2 aromatic rings. The fraction of sp³-hybridized carbons (Fsp3) is 0.412. The quantitative estimate of drug-likeness (QED) is 0.935. The monoisotopic (exact) mass is 282 g/mol. The molecular formula is C17H22N4. The Kier molecular flexibility index (Phi) is 4.46. The van der Waals surface area contributed by atoms with E-state index >= 15 is 0 Å². The Morgan fingerprint density at radius 2 is 2.05 bits per heavy atom. The molecule has 0 spiro atoms. The minimum absolute atomic E-state index is 0.778. The van der Waals surface area contributed by atoms with Gasteiger partial charge in [-0.25, -0.2) is 4.98 Å². The number of aromatic nitrogens is 2. The van der Waals surface area contributed by atoms with Crippen LogP contribution in [0.3, 0.4) is 0 Å². The van der Waals surface area contributed by atoms with Crippen LogP contribution in [0.15, 0.2) is 36.7 Å². The summed E-state index contributed by atoms with van der Waals surface area (Å²) in [6.45, 7) is 4.83. The van der Waals surface area contributed by atoms with Gasteiger partial charge in [0.25, 0.3) is 0 Å². The molecule has 21 heavy (non-hydrogen) atoms. The van der Waals surface area contributed by atoms with Crippen molar-refractivity contribution in [3.8, 4) is 0 Å². The van der Waals surface area contributed by atoms with Crippen LogP contribution in [0.2, 0.25) is 0 Å². The van der Waals surface area contributed by atoms with E-state index < -0.39 is 0 Å². The first-order chi connectivity index (χ1) is 10.4. The van der Waals surface area contributed by atoms with E-state index in [0.717, 1.165) is 37.6 Å². The molecule has 1 aromatic carbocycles. The van der Waals surface area contributed by atoms with Gasteiger partial charge in [-0.1, -0.05) is 25.1 Å². The Morgan fingerprint density at radius 3 is 2.86 bits per heavy atom. The molecule has 0 bridgehead atoms. The van der Waals surface area contributed by atoms with Crippen LogP contribution < -0.4 is 10.2 Å². The molecule has 0 unspecified atom stereocenters. The van der Waals surface area contributed by atoms with E-state index in [9.17, 15) is 0 Å². The lowest BCUT2D eigenvalue weighted by Crippen LogP contribution is -2.20. The summed E-state index contributed by atoms with van der Waals surface area (Å²) in [6, 6.07) is 8.63. The van der Waals surface area contributed by atoms with Crippen molar-refractivity contribution in [3.63, 3.8) is 0 Å². The third-order valence-corrected chi connectivity index (χ3v) is 3.88. The first kappa shape index (κ1) is 14.0. The molecule has 3 rings (SSSR count). The van der Waals surface area contributed by atoms with Crippen LogP contribution in [0, 0.1) is 0 Å². The summed E-state index contributed by atoms with van der Waals surface area (Å²) in [4.78, 5) is 11.4. The van der Waals surface area contributed by atoms with Gasteiger partial charge in [0.1, 0.15) is 0 Å². The zero-order valence-corrected chi connectivity index (χ0v) is 12.5. The fourth-order valence-electron chi connectivity index (χ4n) is 2.76. The highest BCUT2D eigenvalue weighted by Crippen LogP contribution is 2.30. The van der Waals surface area contributed by atoms with Crippen molar-refractivity contribution in [3.05, 3.63) is 47.9 Å². The number of aryl methyl sites for hydroxylation is 1. The van der Waals surface area contributed by atoms with Crippen molar-refractivity contribution in [1.82, 2.24) is 15.3 Å². The molecule has 0 saturated carbocycles. The van der Waals surface area contributed by atoms with Gasteiger partial charge in [0.05, 0.1) is 18.1 Å². The number of rotatable bonds is 4. The molecule has 1 aliphatic rings. The second-order valence-corrected chi connectivity index (χ2v) is 5.38. The Hall–Kier alpha value is -1.94. The maximum Gasteiger partial charge on any atom is 0.151 e. The van der Waals surface area contributed by atoms with E-state index in [1.54, 1.807) is 0 Å². The maximum absolute atomic E-state index is 4.62. The van der Waals surface area contributed by atoms with Crippen LogP contribution >= 0.6 is 0 Å². The molecule has 1 N–H and O–H groups in total. The van der Waals surface area contributed by atoms with Gasteiger partial charge in [-0.2, -0.15) is 0 Å². The Bertz CT molecular complexity index is 580. The minimum Gasteiger partial charge on any atom is -0.325 e. The summed E-state index contributed by atoms with van der Waals surface area (Å²) in [5, 5.41) is 3.27. The molecule has 0 aliphatic carbocycles. The molecule has 4 nitrogen and oxygen atoms in total. The summed E-state index contributed by atoms with van der Waals surface area (Å²) in [6.07, 6.45) is 7.35.